The summed E-state index contributed by atoms with van der Waals surface area (Å²) in [6, 6.07) is 10.2. The summed E-state index contributed by atoms with van der Waals surface area (Å²) in [5, 5.41) is 0. The first-order valence-electron chi connectivity index (χ1n) is 4.59. The first-order chi connectivity index (χ1) is 6.81. The lowest BCUT2D eigenvalue weighted by Crippen LogP contribution is -1.88. The molecule has 0 saturated carbocycles. The van der Waals surface area contributed by atoms with Crippen molar-refractivity contribution in [2.24, 2.45) is 0 Å². The Labute approximate surface area is 83.5 Å². The van der Waals surface area contributed by atoms with Crippen LogP contribution in [-0.2, 0) is 0 Å². The first kappa shape index (κ1) is 8.88. The second-order valence-corrected chi connectivity index (χ2v) is 3.29. The molecule has 0 aliphatic heterocycles. The Bertz CT molecular complexity index is 418. The largest absolute Gasteiger partial charge is 0.496 e. The molecule has 0 saturated heterocycles. The van der Waals surface area contributed by atoms with Crippen LogP contribution in [0.15, 0.2) is 36.5 Å². The summed E-state index contributed by atoms with van der Waals surface area (Å²) < 4.78 is 5.30. The van der Waals surface area contributed by atoms with Crippen molar-refractivity contribution in [1.29, 1.82) is 0 Å². The van der Waals surface area contributed by atoms with E-state index in [0.717, 1.165) is 17.0 Å². The van der Waals surface area contributed by atoms with Crippen molar-refractivity contribution in [3.63, 3.8) is 0 Å². The lowest BCUT2D eigenvalue weighted by atomic mass is 10.1. The Morgan fingerprint density at radius 1 is 1.21 bits per heavy atom. The minimum Gasteiger partial charge on any atom is -0.496 e. The lowest BCUT2D eigenvalue weighted by molar-refractivity contribution is 0.416. The molecule has 1 N–H and O–H groups in total. The predicted molar refractivity (Wildman–Crippen MR) is 57.5 cm³/mol. The summed E-state index contributed by atoms with van der Waals surface area (Å²) in [6.45, 7) is 2.08. The Morgan fingerprint density at radius 2 is 2.07 bits per heavy atom. The number of aromatic amines is 1. The molecule has 2 nitrogen and oxygen atoms in total. The van der Waals surface area contributed by atoms with Crippen LogP contribution in [0.4, 0.5) is 0 Å². The fraction of sp³-hybridized carbons (Fsp3) is 0.167. The SMILES string of the molecule is COc1ccc(C)cc1-c1ccc[nH]1. The molecule has 0 fully saturated rings. The maximum atomic E-state index is 5.30. The van der Waals surface area contributed by atoms with Gasteiger partial charge in [-0.15, -0.1) is 0 Å². The van der Waals surface area contributed by atoms with Gasteiger partial charge in [-0.1, -0.05) is 11.6 Å². The van der Waals surface area contributed by atoms with Gasteiger partial charge in [0.05, 0.1) is 7.11 Å². The van der Waals surface area contributed by atoms with Gasteiger partial charge in [0.1, 0.15) is 5.75 Å². The monoisotopic (exact) mass is 187 g/mol. The fourth-order valence-electron chi connectivity index (χ4n) is 1.53. The molecule has 2 heteroatoms. The molecule has 72 valence electrons. The van der Waals surface area contributed by atoms with E-state index in [9.17, 15) is 0 Å². The van der Waals surface area contributed by atoms with Gasteiger partial charge in [-0.05, 0) is 31.2 Å². The molecule has 0 bridgehead atoms. The third kappa shape index (κ3) is 1.51. The van der Waals surface area contributed by atoms with E-state index in [-0.39, 0.29) is 0 Å². The highest BCUT2D eigenvalue weighted by Gasteiger charge is 2.05. The smallest absolute Gasteiger partial charge is 0.128 e. The molecule has 14 heavy (non-hydrogen) atoms. The Balaban J connectivity index is 2.55. The molecule has 0 aliphatic rings. The van der Waals surface area contributed by atoms with E-state index in [1.165, 1.54) is 5.56 Å². The van der Waals surface area contributed by atoms with Gasteiger partial charge < -0.3 is 9.72 Å². The molecule has 0 radical (unpaired) electrons. The zero-order chi connectivity index (χ0) is 9.97. The number of H-pyrrole nitrogens is 1. The van der Waals surface area contributed by atoms with Crippen molar-refractivity contribution in [3.05, 3.63) is 42.1 Å². The Morgan fingerprint density at radius 3 is 2.71 bits per heavy atom. The molecule has 0 atom stereocenters. The Kier molecular flexibility index (Phi) is 2.27. The van der Waals surface area contributed by atoms with Gasteiger partial charge in [-0.3, -0.25) is 0 Å². The molecular formula is C12H13NO. The van der Waals surface area contributed by atoms with Crippen LogP contribution in [-0.4, -0.2) is 12.1 Å². The minimum absolute atomic E-state index is 0.901. The molecular weight excluding hydrogens is 174 g/mol. The number of hydrogen-bond acceptors (Lipinski definition) is 1. The summed E-state index contributed by atoms with van der Waals surface area (Å²) in [6.07, 6.45) is 1.91. The lowest BCUT2D eigenvalue weighted by Gasteiger charge is -2.07. The summed E-state index contributed by atoms with van der Waals surface area (Å²) in [5.74, 6) is 0.901. The van der Waals surface area contributed by atoms with Gasteiger partial charge in [-0.2, -0.15) is 0 Å². The average molecular weight is 187 g/mol. The van der Waals surface area contributed by atoms with E-state index in [1.54, 1.807) is 7.11 Å². The van der Waals surface area contributed by atoms with Gasteiger partial charge in [-0.25, -0.2) is 0 Å². The number of aryl methyl sites for hydroxylation is 1. The van der Waals surface area contributed by atoms with Crippen molar-refractivity contribution >= 4 is 0 Å². The number of rotatable bonds is 2. The zero-order valence-electron chi connectivity index (χ0n) is 8.37. The van der Waals surface area contributed by atoms with Crippen LogP contribution in [0.5, 0.6) is 5.75 Å². The molecule has 0 amide bonds. The van der Waals surface area contributed by atoms with Crippen molar-refractivity contribution in [2.75, 3.05) is 7.11 Å². The molecule has 1 heterocycles. The normalized spacial score (nSPS) is 10.1. The van der Waals surface area contributed by atoms with E-state index in [4.69, 9.17) is 4.74 Å². The average Bonchev–Trinajstić information content (AvgIpc) is 2.70. The molecule has 1 aromatic heterocycles. The molecule has 2 aromatic rings. The van der Waals surface area contributed by atoms with Gasteiger partial charge >= 0.3 is 0 Å². The van der Waals surface area contributed by atoms with Crippen molar-refractivity contribution < 1.29 is 4.74 Å². The van der Waals surface area contributed by atoms with Crippen LogP contribution in [0.2, 0.25) is 0 Å². The maximum Gasteiger partial charge on any atom is 0.128 e. The summed E-state index contributed by atoms with van der Waals surface area (Å²) in [4.78, 5) is 3.18. The zero-order valence-corrected chi connectivity index (χ0v) is 8.37. The molecule has 1 aromatic carbocycles. The number of hydrogen-bond donors (Lipinski definition) is 1. The third-order valence-corrected chi connectivity index (χ3v) is 2.24. The van der Waals surface area contributed by atoms with Gasteiger partial charge in [0.15, 0.2) is 0 Å². The standard InChI is InChI=1S/C12H13NO/c1-9-5-6-12(14-2)10(8-9)11-4-3-7-13-11/h3-8,13H,1-2H3. The van der Waals surface area contributed by atoms with Crippen LogP contribution in [0.1, 0.15) is 5.56 Å². The molecule has 0 unspecified atom stereocenters. The molecule has 2 rings (SSSR count). The molecule has 0 aliphatic carbocycles. The van der Waals surface area contributed by atoms with Crippen LogP contribution in [0.3, 0.4) is 0 Å². The molecule has 0 spiro atoms. The number of nitrogens with one attached hydrogen (secondary N) is 1. The van der Waals surface area contributed by atoms with E-state index in [2.05, 4.69) is 18.0 Å². The van der Waals surface area contributed by atoms with Crippen LogP contribution >= 0.6 is 0 Å². The Hall–Kier alpha value is -1.70. The van der Waals surface area contributed by atoms with Crippen molar-refractivity contribution in [1.82, 2.24) is 4.98 Å². The van der Waals surface area contributed by atoms with Gasteiger partial charge in [0.25, 0.3) is 0 Å². The fourth-order valence-corrected chi connectivity index (χ4v) is 1.53. The summed E-state index contributed by atoms with van der Waals surface area (Å²) in [5.41, 5.74) is 3.43. The second kappa shape index (κ2) is 3.58. The van der Waals surface area contributed by atoms with E-state index in [1.807, 2.05) is 30.5 Å². The number of methoxy groups -OCH3 is 1. The highest BCUT2D eigenvalue weighted by atomic mass is 16.5. The first-order valence-corrected chi connectivity index (χ1v) is 4.59. The number of benzene rings is 1. The highest BCUT2D eigenvalue weighted by Crippen LogP contribution is 2.29. The maximum absolute atomic E-state index is 5.30. The van der Waals surface area contributed by atoms with Crippen molar-refractivity contribution in [2.45, 2.75) is 6.92 Å². The van der Waals surface area contributed by atoms with Crippen LogP contribution < -0.4 is 4.74 Å². The summed E-state index contributed by atoms with van der Waals surface area (Å²) >= 11 is 0. The number of aromatic nitrogens is 1. The van der Waals surface area contributed by atoms with E-state index < -0.39 is 0 Å². The number of ether oxygens (including phenoxy) is 1. The minimum atomic E-state index is 0.901. The summed E-state index contributed by atoms with van der Waals surface area (Å²) in [7, 11) is 1.69. The van der Waals surface area contributed by atoms with Gasteiger partial charge in [0.2, 0.25) is 0 Å². The third-order valence-electron chi connectivity index (χ3n) is 2.24. The topological polar surface area (TPSA) is 25.0 Å². The van der Waals surface area contributed by atoms with Crippen LogP contribution in [0.25, 0.3) is 11.3 Å². The second-order valence-electron chi connectivity index (χ2n) is 3.29. The van der Waals surface area contributed by atoms with Gasteiger partial charge in [0, 0.05) is 17.5 Å². The predicted octanol–water partition coefficient (Wildman–Crippen LogP) is 3.00. The quantitative estimate of drug-likeness (QED) is 0.768. The van der Waals surface area contributed by atoms with Crippen LogP contribution in [0, 0.1) is 6.92 Å². The highest BCUT2D eigenvalue weighted by molar-refractivity contribution is 5.68. The van der Waals surface area contributed by atoms with E-state index in [0.29, 0.717) is 0 Å². The van der Waals surface area contributed by atoms with Crippen molar-refractivity contribution in [3.8, 4) is 17.0 Å². The van der Waals surface area contributed by atoms with E-state index >= 15 is 0 Å².